The summed E-state index contributed by atoms with van der Waals surface area (Å²) in [6, 6.07) is 4.35. The van der Waals surface area contributed by atoms with Gasteiger partial charge in [-0.25, -0.2) is 4.39 Å². The summed E-state index contributed by atoms with van der Waals surface area (Å²) in [5, 5.41) is 7.75. The van der Waals surface area contributed by atoms with E-state index in [9.17, 15) is 4.39 Å². The topological polar surface area (TPSA) is 91.5 Å². The van der Waals surface area contributed by atoms with Crippen LogP contribution in [0.2, 0.25) is 0 Å². The molecule has 0 aliphatic carbocycles. The Labute approximate surface area is 99.4 Å². The second-order valence-electron chi connectivity index (χ2n) is 3.54. The summed E-state index contributed by atoms with van der Waals surface area (Å²) >= 11 is 0. The van der Waals surface area contributed by atoms with E-state index in [-0.39, 0.29) is 17.7 Å². The van der Waals surface area contributed by atoms with E-state index < -0.39 is 0 Å². The van der Waals surface area contributed by atoms with E-state index in [2.05, 4.69) is 4.99 Å². The van der Waals surface area contributed by atoms with Gasteiger partial charge in [-0.05, 0) is 37.6 Å². The van der Waals surface area contributed by atoms with Gasteiger partial charge in [0, 0.05) is 12.2 Å². The molecule has 5 N–H and O–H groups in total. The number of halogens is 1. The maximum Gasteiger partial charge on any atom is 0.225 e. The summed E-state index contributed by atoms with van der Waals surface area (Å²) in [6.45, 7) is 4.14. The third-order valence-corrected chi connectivity index (χ3v) is 2.26. The molecule has 0 aliphatic rings. The van der Waals surface area contributed by atoms with Gasteiger partial charge in [-0.15, -0.1) is 0 Å². The molecule has 5 nitrogen and oxygen atoms in total. The second kappa shape index (κ2) is 5.29. The zero-order valence-electron chi connectivity index (χ0n) is 9.87. The van der Waals surface area contributed by atoms with Crippen molar-refractivity contribution in [3.63, 3.8) is 0 Å². The van der Waals surface area contributed by atoms with Gasteiger partial charge in [0.15, 0.2) is 5.96 Å². The van der Waals surface area contributed by atoms with Crippen molar-refractivity contribution in [3.05, 3.63) is 29.6 Å². The first-order valence-corrected chi connectivity index (χ1v) is 5.17. The number of nitrogens with zero attached hydrogens (tertiary/aromatic N) is 2. The Kier molecular flexibility index (Phi) is 4.03. The van der Waals surface area contributed by atoms with Crippen molar-refractivity contribution in [1.29, 1.82) is 5.41 Å². The van der Waals surface area contributed by atoms with Crippen LogP contribution in [0.5, 0.6) is 0 Å². The van der Waals surface area contributed by atoms with E-state index in [0.717, 1.165) is 5.56 Å². The predicted octanol–water partition coefficient (Wildman–Crippen LogP) is 1.17. The van der Waals surface area contributed by atoms with Crippen molar-refractivity contribution < 1.29 is 4.39 Å². The number of aliphatic imine (C=N–C) groups is 1. The van der Waals surface area contributed by atoms with E-state index in [1.54, 1.807) is 17.9 Å². The minimum atomic E-state index is -0.310. The fourth-order valence-corrected chi connectivity index (χ4v) is 1.54. The van der Waals surface area contributed by atoms with Crippen molar-refractivity contribution in [2.24, 2.45) is 16.5 Å². The Morgan fingerprint density at radius 2 is 2.12 bits per heavy atom. The lowest BCUT2D eigenvalue weighted by atomic mass is 10.2. The van der Waals surface area contributed by atoms with Gasteiger partial charge in [0.2, 0.25) is 5.96 Å². The normalized spacial score (nSPS) is 9.82. The molecule has 0 atom stereocenters. The highest BCUT2D eigenvalue weighted by atomic mass is 19.1. The van der Waals surface area contributed by atoms with Gasteiger partial charge < -0.3 is 16.4 Å². The number of guanidine groups is 2. The van der Waals surface area contributed by atoms with Crippen LogP contribution in [0.3, 0.4) is 0 Å². The number of hydrogen-bond acceptors (Lipinski definition) is 1. The first-order chi connectivity index (χ1) is 7.95. The Hall–Kier alpha value is -2.11. The third-order valence-electron chi connectivity index (χ3n) is 2.26. The van der Waals surface area contributed by atoms with Crippen LogP contribution in [0, 0.1) is 18.2 Å². The standard InChI is InChI=1S/C11H16FN5/c1-3-17(11(15)16-10(13)14)9-5-4-8(12)6-7(9)2/h4-6H,3H2,1-2H3,(H5,13,14,15,16). The van der Waals surface area contributed by atoms with Crippen LogP contribution in [0.15, 0.2) is 23.2 Å². The lowest BCUT2D eigenvalue weighted by Gasteiger charge is -2.22. The highest BCUT2D eigenvalue weighted by Gasteiger charge is 2.12. The molecule has 1 aromatic rings. The number of hydrogen-bond donors (Lipinski definition) is 3. The molecule has 0 amide bonds. The van der Waals surface area contributed by atoms with Crippen LogP contribution in [0.1, 0.15) is 12.5 Å². The average Bonchev–Trinajstić information content (AvgIpc) is 2.21. The fourth-order valence-electron chi connectivity index (χ4n) is 1.54. The lowest BCUT2D eigenvalue weighted by Crippen LogP contribution is -2.33. The Morgan fingerprint density at radius 3 is 2.59 bits per heavy atom. The molecule has 92 valence electrons. The van der Waals surface area contributed by atoms with Crippen molar-refractivity contribution in [2.45, 2.75) is 13.8 Å². The monoisotopic (exact) mass is 237 g/mol. The molecule has 0 radical (unpaired) electrons. The minimum Gasteiger partial charge on any atom is -0.370 e. The molecular weight excluding hydrogens is 221 g/mol. The van der Waals surface area contributed by atoms with Gasteiger partial charge >= 0.3 is 0 Å². The molecule has 0 bridgehead atoms. The molecular formula is C11H16FN5. The highest BCUT2D eigenvalue weighted by Crippen LogP contribution is 2.21. The molecule has 6 heteroatoms. The van der Waals surface area contributed by atoms with Gasteiger partial charge in [-0.2, -0.15) is 4.99 Å². The second-order valence-corrected chi connectivity index (χ2v) is 3.54. The van der Waals surface area contributed by atoms with Crippen molar-refractivity contribution in [2.75, 3.05) is 11.4 Å². The molecule has 0 unspecified atom stereocenters. The SMILES string of the molecule is CCN(C(=N)N=C(N)N)c1ccc(F)cc1C. The summed E-state index contributed by atoms with van der Waals surface area (Å²) in [5.41, 5.74) is 11.9. The molecule has 0 spiro atoms. The maximum absolute atomic E-state index is 13.0. The molecule has 0 saturated heterocycles. The highest BCUT2D eigenvalue weighted by molar-refractivity contribution is 6.01. The number of nitrogens with two attached hydrogens (primary N) is 2. The molecule has 17 heavy (non-hydrogen) atoms. The van der Waals surface area contributed by atoms with Gasteiger partial charge in [-0.3, -0.25) is 5.41 Å². The Balaban J connectivity index is 3.10. The third kappa shape index (κ3) is 3.17. The van der Waals surface area contributed by atoms with Gasteiger partial charge in [0.05, 0.1) is 0 Å². The summed E-state index contributed by atoms with van der Waals surface area (Å²) in [6.07, 6.45) is 0. The summed E-state index contributed by atoms with van der Waals surface area (Å²) < 4.78 is 13.0. The van der Waals surface area contributed by atoms with Crippen molar-refractivity contribution >= 4 is 17.6 Å². The molecule has 0 aromatic heterocycles. The number of anilines is 1. The van der Waals surface area contributed by atoms with Crippen LogP contribution in [-0.4, -0.2) is 18.5 Å². The minimum absolute atomic E-state index is 0.0674. The first-order valence-electron chi connectivity index (χ1n) is 5.17. The largest absolute Gasteiger partial charge is 0.370 e. The summed E-state index contributed by atoms with van der Waals surface area (Å²) in [5.74, 6) is -0.550. The summed E-state index contributed by atoms with van der Waals surface area (Å²) in [7, 11) is 0. The number of benzene rings is 1. The van der Waals surface area contributed by atoms with Gasteiger partial charge in [0.25, 0.3) is 0 Å². The van der Waals surface area contributed by atoms with Crippen molar-refractivity contribution in [1.82, 2.24) is 0 Å². The fraction of sp³-hybridized carbons (Fsp3) is 0.273. The quantitative estimate of drug-likeness (QED) is 0.532. The molecule has 0 aliphatic heterocycles. The Morgan fingerprint density at radius 1 is 1.47 bits per heavy atom. The van der Waals surface area contributed by atoms with E-state index in [4.69, 9.17) is 16.9 Å². The first kappa shape index (κ1) is 13.0. The zero-order chi connectivity index (χ0) is 13.0. The zero-order valence-corrected chi connectivity index (χ0v) is 9.87. The molecule has 0 saturated carbocycles. The maximum atomic E-state index is 13.0. The number of rotatable bonds is 2. The Bertz CT molecular complexity index is 451. The van der Waals surface area contributed by atoms with E-state index in [1.807, 2.05) is 6.92 Å². The molecule has 0 heterocycles. The van der Waals surface area contributed by atoms with Gasteiger partial charge in [0.1, 0.15) is 5.82 Å². The lowest BCUT2D eigenvalue weighted by molar-refractivity contribution is 0.626. The molecule has 1 aromatic carbocycles. The average molecular weight is 237 g/mol. The summed E-state index contributed by atoms with van der Waals surface area (Å²) in [4.78, 5) is 5.27. The molecule has 0 fully saturated rings. The van der Waals surface area contributed by atoms with Crippen LogP contribution in [-0.2, 0) is 0 Å². The number of aryl methyl sites for hydroxylation is 1. The van der Waals surface area contributed by atoms with Crippen molar-refractivity contribution in [3.8, 4) is 0 Å². The van der Waals surface area contributed by atoms with Crippen LogP contribution < -0.4 is 16.4 Å². The van der Waals surface area contributed by atoms with Crippen LogP contribution in [0.25, 0.3) is 0 Å². The van der Waals surface area contributed by atoms with Gasteiger partial charge in [-0.1, -0.05) is 0 Å². The van der Waals surface area contributed by atoms with Crippen LogP contribution in [0.4, 0.5) is 10.1 Å². The predicted molar refractivity (Wildman–Crippen MR) is 67.7 cm³/mol. The number of nitrogens with one attached hydrogen (secondary N) is 1. The van der Waals surface area contributed by atoms with Crippen LogP contribution >= 0.6 is 0 Å². The smallest absolute Gasteiger partial charge is 0.225 e. The van der Waals surface area contributed by atoms with E-state index in [1.165, 1.54) is 12.1 Å². The van der Waals surface area contributed by atoms with E-state index in [0.29, 0.717) is 12.2 Å². The van der Waals surface area contributed by atoms with E-state index >= 15 is 0 Å². The molecule has 1 rings (SSSR count).